The molecule has 0 amide bonds. The van der Waals surface area contributed by atoms with E-state index in [1.165, 1.54) is 33.0 Å². The molecule has 3 rings (SSSR count). The Balaban J connectivity index is 0.00000120. The van der Waals surface area contributed by atoms with Crippen LogP contribution >= 0.6 is 0 Å². The van der Waals surface area contributed by atoms with Gasteiger partial charge in [0.25, 0.3) is 0 Å². The monoisotopic (exact) mass is 379 g/mol. The fourth-order valence-corrected chi connectivity index (χ4v) is 2.46. The molecule has 0 aliphatic heterocycles. The van der Waals surface area contributed by atoms with E-state index in [0.29, 0.717) is 0 Å². The quantitative estimate of drug-likeness (QED) is 0.467. The van der Waals surface area contributed by atoms with Gasteiger partial charge in [0.15, 0.2) is 0 Å². The molecule has 0 spiro atoms. The van der Waals surface area contributed by atoms with Crippen LogP contribution in [0.4, 0.5) is 0 Å². The Bertz CT molecular complexity index is 633. The average molecular weight is 381 g/mol. The van der Waals surface area contributed by atoms with Crippen LogP contribution in [0.3, 0.4) is 0 Å². The van der Waals surface area contributed by atoms with Gasteiger partial charge in [0.05, 0.1) is 0 Å². The fourth-order valence-electron chi connectivity index (χ4n) is 2.46. The number of halogens is 2. The fraction of sp³-hybridized carbons (Fsp3) is 0.118. The van der Waals surface area contributed by atoms with Gasteiger partial charge in [-0.2, -0.15) is 0 Å². The second-order valence-electron chi connectivity index (χ2n) is 4.75. The first-order valence-electron chi connectivity index (χ1n) is 5.96. The van der Waals surface area contributed by atoms with Gasteiger partial charge < -0.3 is 24.8 Å². The molecule has 0 atom stereocenters. The third-order valence-corrected chi connectivity index (χ3v) is 3.17. The molecule has 0 N–H and O–H groups in total. The maximum absolute atomic E-state index is 2.27. The van der Waals surface area contributed by atoms with Crippen LogP contribution in [0.15, 0.2) is 54.6 Å². The van der Waals surface area contributed by atoms with E-state index in [1.807, 2.05) is 0 Å². The molecule has 0 bridgehead atoms. The molecule has 0 aliphatic rings. The second-order valence-corrected chi connectivity index (χ2v) is 4.75. The molecule has 101 valence electrons. The number of aryl methyl sites for hydroxylation is 2. The number of fused-ring (bicyclic) bond motifs is 1. The molecule has 0 saturated carbocycles. The molecule has 0 aromatic heterocycles. The van der Waals surface area contributed by atoms with Gasteiger partial charge in [-0.1, -0.05) is 53.1 Å². The second kappa shape index (κ2) is 8.08. The molecule has 20 heavy (non-hydrogen) atoms. The van der Waals surface area contributed by atoms with Crippen molar-refractivity contribution in [3.05, 3.63) is 65.7 Å². The summed E-state index contributed by atoms with van der Waals surface area (Å²) in [6.07, 6.45) is 0. The summed E-state index contributed by atoms with van der Waals surface area (Å²) >= 11 is 0. The molecule has 3 heteroatoms. The molecule has 0 saturated heterocycles. The Hall–Kier alpha value is -0.487. The summed E-state index contributed by atoms with van der Waals surface area (Å²) < 4.78 is 0. The van der Waals surface area contributed by atoms with Crippen LogP contribution in [-0.2, 0) is 26.2 Å². The van der Waals surface area contributed by atoms with Crippen molar-refractivity contribution in [1.82, 2.24) is 0 Å². The number of benzene rings is 2. The van der Waals surface area contributed by atoms with Crippen LogP contribution in [0, 0.1) is 13.8 Å². The first kappa shape index (κ1) is 19.5. The summed E-state index contributed by atoms with van der Waals surface area (Å²) in [4.78, 5) is 0. The van der Waals surface area contributed by atoms with Crippen molar-refractivity contribution < 1.29 is 51.0 Å². The average Bonchev–Trinajstić information content (AvgIpc) is 2.71. The Morgan fingerprint density at radius 3 is 2.00 bits per heavy atom. The van der Waals surface area contributed by atoms with Crippen LogP contribution in [0.25, 0.3) is 21.9 Å². The van der Waals surface area contributed by atoms with Gasteiger partial charge in [0.1, 0.15) is 0 Å². The van der Waals surface area contributed by atoms with E-state index in [9.17, 15) is 0 Å². The summed E-state index contributed by atoms with van der Waals surface area (Å²) in [7, 11) is 0. The minimum Gasteiger partial charge on any atom is -1.00 e. The molecule has 3 aromatic carbocycles. The SMILES string of the molecule is Cc1cc(C)cc(-c2cc3ccccc3[cH-]2)c1.[Cl-].[Cl-].[Zr+3]. The Morgan fingerprint density at radius 2 is 1.40 bits per heavy atom. The maximum atomic E-state index is 2.27. The summed E-state index contributed by atoms with van der Waals surface area (Å²) in [6, 6.07) is 19.8. The van der Waals surface area contributed by atoms with Crippen LogP contribution < -0.4 is 24.8 Å². The molecule has 0 heterocycles. The Labute approximate surface area is 151 Å². The third-order valence-electron chi connectivity index (χ3n) is 3.17. The van der Waals surface area contributed by atoms with Crippen LogP contribution in [-0.4, -0.2) is 0 Å². The number of hydrogen-bond donors (Lipinski definition) is 0. The zero-order valence-electron chi connectivity index (χ0n) is 11.5. The van der Waals surface area contributed by atoms with Gasteiger partial charge in [-0.15, -0.1) is 34.5 Å². The van der Waals surface area contributed by atoms with Crippen LogP contribution in [0.2, 0.25) is 0 Å². The minimum atomic E-state index is 0. The molecule has 0 nitrogen and oxygen atoms in total. The standard InChI is InChI=1S/C17H15.2ClH.Zr/c1-12-7-13(2)9-16(8-12)17-10-14-5-3-4-6-15(14)11-17;;;/h3-11H,1-2H3;2*1H;/q-1;;;+3/p-2. The Kier molecular flexibility index (Phi) is 7.88. The smallest absolute Gasteiger partial charge is 1.00 e. The van der Waals surface area contributed by atoms with Crippen molar-refractivity contribution in [2.75, 3.05) is 0 Å². The molecular weight excluding hydrogens is 366 g/mol. The number of hydrogen-bond acceptors (Lipinski definition) is 0. The van der Waals surface area contributed by atoms with Gasteiger partial charge in [-0.25, -0.2) is 0 Å². The predicted molar refractivity (Wildman–Crippen MR) is 74.5 cm³/mol. The van der Waals surface area contributed by atoms with E-state index < -0.39 is 0 Å². The minimum absolute atomic E-state index is 0. The predicted octanol–water partition coefficient (Wildman–Crippen LogP) is -1.15. The van der Waals surface area contributed by atoms with Crippen LogP contribution in [0.1, 0.15) is 11.1 Å². The van der Waals surface area contributed by atoms with Crippen molar-refractivity contribution in [2.24, 2.45) is 0 Å². The molecular formula is C17H15Cl2Zr. The maximum Gasteiger partial charge on any atom is 3.00 e. The van der Waals surface area contributed by atoms with Gasteiger partial charge in [0, 0.05) is 0 Å². The summed E-state index contributed by atoms with van der Waals surface area (Å²) in [5.41, 5.74) is 5.28. The number of rotatable bonds is 1. The first-order valence-corrected chi connectivity index (χ1v) is 5.96. The van der Waals surface area contributed by atoms with Crippen molar-refractivity contribution in [3.8, 4) is 11.1 Å². The normalized spacial score (nSPS) is 9.30. The zero-order chi connectivity index (χ0) is 11.8. The zero-order valence-corrected chi connectivity index (χ0v) is 15.4. The first-order chi connectivity index (χ1) is 8.22. The molecule has 0 aliphatic carbocycles. The van der Waals surface area contributed by atoms with Gasteiger partial charge in [-0.3, -0.25) is 0 Å². The van der Waals surface area contributed by atoms with E-state index in [1.54, 1.807) is 0 Å². The van der Waals surface area contributed by atoms with E-state index in [2.05, 4.69) is 68.4 Å². The van der Waals surface area contributed by atoms with E-state index >= 15 is 0 Å². The van der Waals surface area contributed by atoms with E-state index in [4.69, 9.17) is 0 Å². The van der Waals surface area contributed by atoms with Crippen molar-refractivity contribution >= 4 is 10.8 Å². The largest absolute Gasteiger partial charge is 3.00 e. The Morgan fingerprint density at radius 1 is 0.800 bits per heavy atom. The van der Waals surface area contributed by atoms with Gasteiger partial charge >= 0.3 is 26.2 Å². The molecule has 1 radical (unpaired) electrons. The van der Waals surface area contributed by atoms with Crippen molar-refractivity contribution in [2.45, 2.75) is 13.8 Å². The van der Waals surface area contributed by atoms with Gasteiger partial charge in [0.2, 0.25) is 0 Å². The molecule has 0 fully saturated rings. The van der Waals surface area contributed by atoms with Crippen molar-refractivity contribution in [3.63, 3.8) is 0 Å². The van der Waals surface area contributed by atoms with Gasteiger partial charge in [-0.05, 0) is 13.8 Å². The summed E-state index contributed by atoms with van der Waals surface area (Å²) in [5.74, 6) is 0. The summed E-state index contributed by atoms with van der Waals surface area (Å²) in [5, 5.41) is 2.64. The topological polar surface area (TPSA) is 0 Å². The molecule has 3 aromatic rings. The van der Waals surface area contributed by atoms with Crippen molar-refractivity contribution in [1.29, 1.82) is 0 Å². The summed E-state index contributed by atoms with van der Waals surface area (Å²) in [6.45, 7) is 4.30. The third kappa shape index (κ3) is 4.01. The van der Waals surface area contributed by atoms with E-state index in [-0.39, 0.29) is 51.0 Å². The van der Waals surface area contributed by atoms with E-state index in [0.717, 1.165) is 0 Å². The van der Waals surface area contributed by atoms with Crippen LogP contribution in [0.5, 0.6) is 0 Å². The molecule has 0 unspecified atom stereocenters.